The quantitative estimate of drug-likeness (QED) is 0.830. The molecular weight excluding hydrogens is 296 g/mol. The monoisotopic (exact) mass is 322 g/mol. The molecule has 6 heteroatoms. The average molecular weight is 322 g/mol. The molecule has 0 radical (unpaired) electrons. The van der Waals surface area contributed by atoms with Gasteiger partial charge in [0, 0.05) is 32.2 Å². The van der Waals surface area contributed by atoms with Crippen molar-refractivity contribution in [3.05, 3.63) is 24.3 Å². The number of amides is 1. The molecule has 2 N–H and O–H groups in total. The molecule has 0 saturated carbocycles. The zero-order valence-electron chi connectivity index (χ0n) is 14.0. The minimum Gasteiger partial charge on any atom is -0.491 e. The lowest BCUT2D eigenvalue weighted by molar-refractivity contribution is -0.114. The molecule has 1 aliphatic rings. The van der Waals surface area contributed by atoms with Crippen molar-refractivity contribution in [2.45, 2.75) is 39.1 Å². The van der Waals surface area contributed by atoms with Gasteiger partial charge in [-0.25, -0.2) is 0 Å². The van der Waals surface area contributed by atoms with E-state index in [1.807, 2.05) is 13.8 Å². The summed E-state index contributed by atoms with van der Waals surface area (Å²) < 4.78 is 11.3. The maximum atomic E-state index is 11.0. The number of aliphatic hydroxyl groups excluding tert-OH is 1. The summed E-state index contributed by atoms with van der Waals surface area (Å²) in [5.41, 5.74) is 0.724. The van der Waals surface area contributed by atoms with E-state index in [0.29, 0.717) is 12.3 Å². The fraction of sp³-hybridized carbons (Fsp3) is 0.588. The van der Waals surface area contributed by atoms with E-state index in [9.17, 15) is 9.90 Å². The van der Waals surface area contributed by atoms with Crippen molar-refractivity contribution in [3.8, 4) is 5.75 Å². The largest absolute Gasteiger partial charge is 0.491 e. The maximum absolute atomic E-state index is 11.0. The van der Waals surface area contributed by atoms with Crippen LogP contribution in [0, 0.1) is 0 Å². The predicted molar refractivity (Wildman–Crippen MR) is 88.7 cm³/mol. The molecule has 23 heavy (non-hydrogen) atoms. The number of anilines is 1. The van der Waals surface area contributed by atoms with E-state index in [4.69, 9.17) is 9.47 Å². The Morgan fingerprint density at radius 3 is 2.52 bits per heavy atom. The van der Waals surface area contributed by atoms with Gasteiger partial charge in [-0.3, -0.25) is 9.69 Å². The highest BCUT2D eigenvalue weighted by Gasteiger charge is 2.23. The molecule has 0 bridgehead atoms. The predicted octanol–water partition coefficient (Wildman–Crippen LogP) is 1.49. The van der Waals surface area contributed by atoms with Crippen LogP contribution in [0.25, 0.3) is 0 Å². The zero-order valence-corrected chi connectivity index (χ0v) is 14.0. The summed E-state index contributed by atoms with van der Waals surface area (Å²) in [6.07, 6.45) is -0.177. The van der Waals surface area contributed by atoms with Crippen LogP contribution in [0.5, 0.6) is 5.75 Å². The first-order valence-corrected chi connectivity index (χ1v) is 7.98. The first-order chi connectivity index (χ1) is 10.9. The third-order valence-corrected chi connectivity index (χ3v) is 3.58. The van der Waals surface area contributed by atoms with Crippen LogP contribution in [0.3, 0.4) is 0 Å². The van der Waals surface area contributed by atoms with Crippen LogP contribution in [0.4, 0.5) is 5.69 Å². The number of benzene rings is 1. The van der Waals surface area contributed by atoms with Crippen LogP contribution in [-0.2, 0) is 9.53 Å². The van der Waals surface area contributed by atoms with Gasteiger partial charge in [-0.05, 0) is 38.1 Å². The molecule has 1 heterocycles. The van der Waals surface area contributed by atoms with E-state index >= 15 is 0 Å². The molecule has 0 aromatic heterocycles. The second-order valence-corrected chi connectivity index (χ2v) is 6.15. The van der Waals surface area contributed by atoms with Crippen LogP contribution in [0.15, 0.2) is 24.3 Å². The highest BCUT2D eigenvalue weighted by atomic mass is 16.5. The minimum atomic E-state index is -0.553. The third kappa shape index (κ3) is 6.17. The standard InChI is InChI=1S/C17H26N2O4/c1-12-8-19(9-13(2)23-12)10-16(21)11-22-17-6-4-15(5-7-17)18-14(3)20/h4-7,12-13,16,21H,8-11H2,1-3H3,(H,18,20)/t12-,13-,16+/m1/s1. The number of nitrogens with one attached hydrogen (secondary N) is 1. The van der Waals surface area contributed by atoms with Gasteiger partial charge in [0.15, 0.2) is 0 Å². The number of carbonyl (C=O) groups is 1. The molecular formula is C17H26N2O4. The second-order valence-electron chi connectivity index (χ2n) is 6.15. The summed E-state index contributed by atoms with van der Waals surface area (Å²) >= 11 is 0. The van der Waals surface area contributed by atoms with Gasteiger partial charge >= 0.3 is 0 Å². The summed E-state index contributed by atoms with van der Waals surface area (Å²) in [6.45, 7) is 8.01. The Hall–Kier alpha value is -1.63. The number of β-amino-alcohol motifs (C(OH)–C–C–N with tert-alkyl or cyclic N) is 1. The first kappa shape index (κ1) is 17.7. The van der Waals surface area contributed by atoms with Gasteiger partial charge in [0.05, 0.1) is 12.2 Å². The number of rotatable bonds is 6. The van der Waals surface area contributed by atoms with E-state index in [0.717, 1.165) is 18.8 Å². The maximum Gasteiger partial charge on any atom is 0.221 e. The van der Waals surface area contributed by atoms with Crippen molar-refractivity contribution in [1.82, 2.24) is 4.90 Å². The Bertz CT molecular complexity index is 496. The Morgan fingerprint density at radius 1 is 1.35 bits per heavy atom. The van der Waals surface area contributed by atoms with E-state index in [1.165, 1.54) is 6.92 Å². The Labute approximate surface area is 137 Å². The molecule has 1 aromatic rings. The van der Waals surface area contributed by atoms with Crippen LogP contribution in [-0.4, -0.2) is 60.5 Å². The van der Waals surface area contributed by atoms with Gasteiger partial charge < -0.3 is 19.9 Å². The van der Waals surface area contributed by atoms with E-state index < -0.39 is 6.10 Å². The van der Waals surface area contributed by atoms with Gasteiger partial charge in [-0.2, -0.15) is 0 Å². The zero-order chi connectivity index (χ0) is 16.8. The smallest absolute Gasteiger partial charge is 0.221 e. The minimum absolute atomic E-state index is 0.108. The van der Waals surface area contributed by atoms with E-state index in [-0.39, 0.29) is 24.7 Å². The van der Waals surface area contributed by atoms with Crippen molar-refractivity contribution >= 4 is 11.6 Å². The van der Waals surface area contributed by atoms with Gasteiger partial charge in [0.25, 0.3) is 0 Å². The molecule has 0 aliphatic carbocycles. The number of nitrogens with zero attached hydrogens (tertiary/aromatic N) is 1. The van der Waals surface area contributed by atoms with Crippen molar-refractivity contribution in [1.29, 1.82) is 0 Å². The van der Waals surface area contributed by atoms with Crippen molar-refractivity contribution in [3.63, 3.8) is 0 Å². The fourth-order valence-electron chi connectivity index (χ4n) is 2.81. The van der Waals surface area contributed by atoms with Gasteiger partial charge in [0.1, 0.15) is 18.5 Å². The highest BCUT2D eigenvalue weighted by Crippen LogP contribution is 2.16. The molecule has 128 valence electrons. The molecule has 1 aromatic carbocycles. The number of hydrogen-bond acceptors (Lipinski definition) is 5. The summed E-state index contributed by atoms with van der Waals surface area (Å²) in [7, 11) is 0. The Kier molecular flexibility index (Phi) is 6.38. The SMILES string of the molecule is CC(=O)Nc1ccc(OC[C@@H](O)CN2C[C@@H](C)O[C@H](C)C2)cc1. The van der Waals surface area contributed by atoms with Gasteiger partial charge in [-0.1, -0.05) is 0 Å². The molecule has 1 fully saturated rings. The molecule has 1 saturated heterocycles. The van der Waals surface area contributed by atoms with Crippen molar-refractivity contribution in [2.75, 3.05) is 31.6 Å². The van der Waals surface area contributed by atoms with Crippen molar-refractivity contribution < 1.29 is 19.4 Å². The van der Waals surface area contributed by atoms with Gasteiger partial charge in [-0.15, -0.1) is 0 Å². The number of morpholine rings is 1. The normalized spacial score (nSPS) is 23.3. The second kappa shape index (κ2) is 8.29. The third-order valence-electron chi connectivity index (χ3n) is 3.58. The first-order valence-electron chi connectivity index (χ1n) is 7.98. The summed E-state index contributed by atoms with van der Waals surface area (Å²) in [5.74, 6) is 0.560. The average Bonchev–Trinajstić information content (AvgIpc) is 2.45. The highest BCUT2D eigenvalue weighted by molar-refractivity contribution is 5.88. The molecule has 1 aliphatic heterocycles. The molecule has 2 rings (SSSR count). The van der Waals surface area contributed by atoms with Crippen LogP contribution >= 0.6 is 0 Å². The van der Waals surface area contributed by atoms with Crippen LogP contribution in [0.1, 0.15) is 20.8 Å². The number of aliphatic hydroxyl groups is 1. The van der Waals surface area contributed by atoms with Crippen LogP contribution in [0.2, 0.25) is 0 Å². The summed E-state index contributed by atoms with van der Waals surface area (Å²) in [6, 6.07) is 7.09. The number of ether oxygens (including phenoxy) is 2. The lowest BCUT2D eigenvalue weighted by Gasteiger charge is -2.36. The van der Waals surface area contributed by atoms with Gasteiger partial charge in [0.2, 0.25) is 5.91 Å². The topological polar surface area (TPSA) is 71.0 Å². The molecule has 1 amide bonds. The number of carbonyl (C=O) groups excluding carboxylic acids is 1. The Balaban J connectivity index is 1.75. The molecule has 3 atom stereocenters. The molecule has 0 spiro atoms. The van der Waals surface area contributed by atoms with E-state index in [2.05, 4.69) is 10.2 Å². The number of hydrogen-bond donors (Lipinski definition) is 2. The molecule has 0 unspecified atom stereocenters. The van der Waals surface area contributed by atoms with Crippen LogP contribution < -0.4 is 10.1 Å². The van der Waals surface area contributed by atoms with Crippen molar-refractivity contribution in [2.24, 2.45) is 0 Å². The lowest BCUT2D eigenvalue weighted by Crippen LogP contribution is -2.48. The lowest BCUT2D eigenvalue weighted by atomic mass is 10.2. The van der Waals surface area contributed by atoms with E-state index in [1.54, 1.807) is 24.3 Å². The fourth-order valence-corrected chi connectivity index (χ4v) is 2.81. The molecule has 6 nitrogen and oxygen atoms in total. The summed E-state index contributed by atoms with van der Waals surface area (Å²) in [5, 5.41) is 12.8. The summed E-state index contributed by atoms with van der Waals surface area (Å²) in [4.78, 5) is 13.2. The Morgan fingerprint density at radius 2 is 1.96 bits per heavy atom.